The molecule has 0 fully saturated rings. The van der Waals surface area contributed by atoms with Crippen molar-refractivity contribution < 1.29 is 24.2 Å². The van der Waals surface area contributed by atoms with E-state index in [4.69, 9.17) is 15.6 Å². The molecule has 0 aliphatic heterocycles. The van der Waals surface area contributed by atoms with Crippen LogP contribution in [-0.4, -0.2) is 41.7 Å². The molecule has 2 atom stereocenters. The summed E-state index contributed by atoms with van der Waals surface area (Å²) in [4.78, 5) is 35.3. The van der Waals surface area contributed by atoms with Gasteiger partial charge in [-0.05, 0) is 17.9 Å². The Morgan fingerprint density at radius 3 is 2.28 bits per heavy atom. The molecule has 0 spiro atoms. The van der Waals surface area contributed by atoms with Crippen molar-refractivity contribution in [2.45, 2.75) is 39.0 Å². The number of amides is 3. The van der Waals surface area contributed by atoms with E-state index in [0.717, 1.165) is 5.56 Å². The molecule has 1 rings (SSSR count). The molecule has 25 heavy (non-hydrogen) atoms. The van der Waals surface area contributed by atoms with E-state index in [1.54, 1.807) is 0 Å². The van der Waals surface area contributed by atoms with Gasteiger partial charge in [0.2, 0.25) is 11.8 Å². The number of benzene rings is 1. The quantitative estimate of drug-likeness (QED) is 0.508. The number of nitrogens with one attached hydrogen (secondary N) is 2. The van der Waals surface area contributed by atoms with Gasteiger partial charge in [-0.3, -0.25) is 9.59 Å². The van der Waals surface area contributed by atoms with E-state index in [-0.39, 0.29) is 12.5 Å². The van der Waals surface area contributed by atoms with Crippen LogP contribution in [0, 0.1) is 5.92 Å². The van der Waals surface area contributed by atoms with Crippen molar-refractivity contribution in [2.75, 3.05) is 6.61 Å². The van der Waals surface area contributed by atoms with Gasteiger partial charge in [0.25, 0.3) is 0 Å². The lowest BCUT2D eigenvalue weighted by atomic mass is 10.0. The molecule has 8 nitrogen and oxygen atoms in total. The second kappa shape index (κ2) is 10.3. The van der Waals surface area contributed by atoms with Crippen LogP contribution < -0.4 is 16.4 Å². The van der Waals surface area contributed by atoms with Gasteiger partial charge < -0.3 is 26.2 Å². The topological polar surface area (TPSA) is 131 Å². The van der Waals surface area contributed by atoms with Crippen molar-refractivity contribution in [3.8, 4) is 0 Å². The maximum atomic E-state index is 12.3. The largest absolute Gasteiger partial charge is 0.445 e. The van der Waals surface area contributed by atoms with Gasteiger partial charge in [-0.2, -0.15) is 0 Å². The Kier molecular flexibility index (Phi) is 8.42. The fourth-order valence-electron chi connectivity index (χ4n) is 2.09. The van der Waals surface area contributed by atoms with Crippen LogP contribution in [0.1, 0.15) is 25.8 Å². The average molecular weight is 351 g/mol. The van der Waals surface area contributed by atoms with Crippen molar-refractivity contribution in [2.24, 2.45) is 11.7 Å². The van der Waals surface area contributed by atoms with E-state index in [2.05, 4.69) is 10.6 Å². The Balaban J connectivity index is 2.63. The van der Waals surface area contributed by atoms with Crippen molar-refractivity contribution in [3.05, 3.63) is 35.9 Å². The molecule has 0 saturated heterocycles. The van der Waals surface area contributed by atoms with E-state index in [0.29, 0.717) is 6.42 Å². The molecule has 0 aromatic heterocycles. The number of ether oxygens (including phenoxy) is 1. The Labute approximate surface area is 146 Å². The Hall–Kier alpha value is -2.61. The molecule has 0 aliphatic carbocycles. The van der Waals surface area contributed by atoms with Crippen molar-refractivity contribution >= 4 is 17.9 Å². The number of aliphatic hydroxyl groups excluding tert-OH is 1. The van der Waals surface area contributed by atoms with Gasteiger partial charge in [0.1, 0.15) is 18.7 Å². The standard InChI is InChI=1S/C17H25N3O5/c1-11(2)8-13(16(23)19-14(9-21)15(18)22)20-17(24)25-10-12-6-4-3-5-7-12/h3-7,11,13-14,21H,8-10H2,1-2H3,(H2,18,22)(H,19,23)(H,20,24). The molecule has 5 N–H and O–H groups in total. The van der Waals surface area contributed by atoms with Crippen LogP contribution in [0.4, 0.5) is 4.79 Å². The number of nitrogens with two attached hydrogens (primary N) is 1. The molecule has 0 saturated carbocycles. The SMILES string of the molecule is CC(C)CC(NC(=O)OCc1ccccc1)C(=O)NC(CO)C(N)=O. The average Bonchev–Trinajstić information content (AvgIpc) is 2.57. The van der Waals surface area contributed by atoms with Crippen LogP contribution in [0.5, 0.6) is 0 Å². The minimum absolute atomic E-state index is 0.0727. The predicted octanol–water partition coefficient (Wildman–Crippen LogP) is 0.290. The summed E-state index contributed by atoms with van der Waals surface area (Å²) in [5, 5.41) is 13.9. The lowest BCUT2D eigenvalue weighted by Gasteiger charge is -2.22. The van der Waals surface area contributed by atoms with Gasteiger partial charge in [-0.25, -0.2) is 4.79 Å². The zero-order valence-corrected chi connectivity index (χ0v) is 14.4. The second-order valence-corrected chi connectivity index (χ2v) is 6.03. The minimum Gasteiger partial charge on any atom is -0.445 e. The van der Waals surface area contributed by atoms with Crippen molar-refractivity contribution in [3.63, 3.8) is 0 Å². The van der Waals surface area contributed by atoms with Gasteiger partial charge in [0.05, 0.1) is 6.61 Å². The van der Waals surface area contributed by atoms with Gasteiger partial charge in [0, 0.05) is 0 Å². The smallest absolute Gasteiger partial charge is 0.408 e. The van der Waals surface area contributed by atoms with Crippen LogP contribution in [-0.2, 0) is 20.9 Å². The summed E-state index contributed by atoms with van der Waals surface area (Å²) in [5.41, 5.74) is 5.90. The highest BCUT2D eigenvalue weighted by molar-refractivity contribution is 5.90. The molecule has 1 aromatic rings. The summed E-state index contributed by atoms with van der Waals surface area (Å²) in [6.07, 6.45) is -0.410. The van der Waals surface area contributed by atoms with E-state index >= 15 is 0 Å². The fourth-order valence-corrected chi connectivity index (χ4v) is 2.09. The molecular weight excluding hydrogens is 326 g/mol. The molecule has 2 unspecified atom stereocenters. The Bertz CT molecular complexity index is 577. The summed E-state index contributed by atoms with van der Waals surface area (Å²) in [7, 11) is 0. The van der Waals surface area contributed by atoms with E-state index < -0.39 is 36.6 Å². The first-order chi connectivity index (χ1) is 11.8. The molecular formula is C17H25N3O5. The minimum atomic E-state index is -1.20. The lowest BCUT2D eigenvalue weighted by molar-refractivity contribution is -0.129. The first-order valence-electron chi connectivity index (χ1n) is 8.01. The highest BCUT2D eigenvalue weighted by atomic mass is 16.5. The van der Waals surface area contributed by atoms with Crippen LogP contribution in [0.15, 0.2) is 30.3 Å². The van der Waals surface area contributed by atoms with E-state index in [1.165, 1.54) is 0 Å². The summed E-state index contributed by atoms with van der Waals surface area (Å²) >= 11 is 0. The number of carbonyl (C=O) groups excluding carboxylic acids is 3. The molecule has 8 heteroatoms. The van der Waals surface area contributed by atoms with E-state index in [1.807, 2.05) is 44.2 Å². The first-order valence-corrected chi connectivity index (χ1v) is 8.01. The maximum Gasteiger partial charge on any atom is 0.408 e. The third-order valence-corrected chi connectivity index (χ3v) is 3.37. The monoisotopic (exact) mass is 351 g/mol. The van der Waals surface area contributed by atoms with Gasteiger partial charge >= 0.3 is 6.09 Å². The number of alkyl carbamates (subject to hydrolysis) is 1. The molecule has 1 aromatic carbocycles. The summed E-state index contributed by atoms with van der Waals surface area (Å²) < 4.78 is 5.10. The van der Waals surface area contributed by atoms with Gasteiger partial charge in [-0.15, -0.1) is 0 Å². The number of aliphatic hydroxyl groups is 1. The third kappa shape index (κ3) is 7.67. The van der Waals surface area contributed by atoms with E-state index in [9.17, 15) is 14.4 Å². The fraction of sp³-hybridized carbons (Fsp3) is 0.471. The first kappa shape index (κ1) is 20.4. The van der Waals surface area contributed by atoms with Crippen molar-refractivity contribution in [1.29, 1.82) is 0 Å². The molecule has 0 aliphatic rings. The molecule has 0 radical (unpaired) electrons. The van der Waals surface area contributed by atoms with Crippen LogP contribution in [0.25, 0.3) is 0 Å². The highest BCUT2D eigenvalue weighted by Gasteiger charge is 2.26. The predicted molar refractivity (Wildman–Crippen MR) is 91.2 cm³/mol. The lowest BCUT2D eigenvalue weighted by Crippen LogP contribution is -2.54. The number of primary amides is 1. The molecule has 3 amide bonds. The molecule has 0 heterocycles. The van der Waals surface area contributed by atoms with Crippen LogP contribution >= 0.6 is 0 Å². The zero-order valence-electron chi connectivity index (χ0n) is 14.4. The van der Waals surface area contributed by atoms with Gasteiger partial charge in [-0.1, -0.05) is 44.2 Å². The Morgan fingerprint density at radius 1 is 1.12 bits per heavy atom. The third-order valence-electron chi connectivity index (χ3n) is 3.37. The molecule has 138 valence electrons. The zero-order chi connectivity index (χ0) is 18.8. The van der Waals surface area contributed by atoms with Crippen LogP contribution in [0.2, 0.25) is 0 Å². The second-order valence-electron chi connectivity index (χ2n) is 6.03. The normalized spacial score (nSPS) is 13.0. The number of hydrogen-bond acceptors (Lipinski definition) is 5. The maximum absolute atomic E-state index is 12.3. The summed E-state index contributed by atoms with van der Waals surface area (Å²) in [5.74, 6) is -1.36. The Morgan fingerprint density at radius 2 is 1.76 bits per heavy atom. The van der Waals surface area contributed by atoms with Crippen LogP contribution in [0.3, 0.4) is 0 Å². The number of rotatable bonds is 9. The number of hydrogen-bond donors (Lipinski definition) is 4. The summed E-state index contributed by atoms with van der Waals surface area (Å²) in [6, 6.07) is 7.01. The molecule has 0 bridgehead atoms. The number of carbonyl (C=O) groups is 3. The summed E-state index contributed by atoms with van der Waals surface area (Å²) in [6.45, 7) is 3.22. The van der Waals surface area contributed by atoms with Gasteiger partial charge in [0.15, 0.2) is 0 Å². The van der Waals surface area contributed by atoms with Crippen molar-refractivity contribution in [1.82, 2.24) is 10.6 Å². The highest BCUT2D eigenvalue weighted by Crippen LogP contribution is 2.07.